The van der Waals surface area contributed by atoms with Gasteiger partial charge in [0.2, 0.25) is 11.8 Å². The number of nitrogens with one attached hydrogen (secondary N) is 2. The summed E-state index contributed by atoms with van der Waals surface area (Å²) in [5.74, 6) is -1.55. The Morgan fingerprint density at radius 3 is 2.13 bits per heavy atom. The monoisotopic (exact) mass is 345 g/mol. The molecule has 0 radical (unpaired) electrons. The van der Waals surface area contributed by atoms with Crippen molar-refractivity contribution < 1.29 is 18.0 Å². The molecule has 23 heavy (non-hydrogen) atoms. The number of nitriles is 1. The Morgan fingerprint density at radius 1 is 1.13 bits per heavy atom. The molecule has 1 atom stereocenters. The molecule has 7 nitrogen and oxygen atoms in total. The van der Waals surface area contributed by atoms with Crippen LogP contribution in [-0.2, 0) is 19.4 Å². The van der Waals surface area contributed by atoms with E-state index in [0.29, 0.717) is 12.8 Å². The largest absolute Gasteiger partial charge is 0.353 e. The number of amides is 2. The van der Waals surface area contributed by atoms with Gasteiger partial charge in [0.1, 0.15) is 15.9 Å². The van der Waals surface area contributed by atoms with Gasteiger partial charge in [-0.1, -0.05) is 26.7 Å². The highest BCUT2D eigenvalue weighted by molar-refractivity contribution is 7.90. The molecule has 0 saturated carbocycles. The van der Waals surface area contributed by atoms with E-state index in [1.165, 1.54) is 0 Å². The third-order valence-corrected chi connectivity index (χ3v) is 4.22. The second kappa shape index (κ2) is 11.0. The highest BCUT2D eigenvalue weighted by atomic mass is 32.2. The number of carbonyl (C=O) groups is 2. The van der Waals surface area contributed by atoms with Gasteiger partial charge < -0.3 is 10.6 Å². The lowest BCUT2D eigenvalue weighted by atomic mass is 9.97. The summed E-state index contributed by atoms with van der Waals surface area (Å²) in [5.41, 5.74) is 0. The van der Waals surface area contributed by atoms with Gasteiger partial charge in [-0.05, 0) is 12.8 Å². The van der Waals surface area contributed by atoms with Crippen molar-refractivity contribution in [1.29, 1.82) is 5.26 Å². The first kappa shape index (κ1) is 21.4. The van der Waals surface area contributed by atoms with E-state index in [4.69, 9.17) is 5.26 Å². The molecule has 2 N–H and O–H groups in total. The van der Waals surface area contributed by atoms with Crippen molar-refractivity contribution in [2.24, 2.45) is 5.92 Å². The summed E-state index contributed by atoms with van der Waals surface area (Å²) < 4.78 is 23.0. The van der Waals surface area contributed by atoms with Gasteiger partial charge in [-0.3, -0.25) is 9.59 Å². The molecule has 0 bridgehead atoms. The van der Waals surface area contributed by atoms with Gasteiger partial charge >= 0.3 is 0 Å². The van der Waals surface area contributed by atoms with Crippen LogP contribution in [0.1, 0.15) is 46.0 Å². The summed E-state index contributed by atoms with van der Waals surface area (Å²) in [4.78, 5) is 24.4. The standard InChI is InChI=1S/C15H27N3O4S/c1-4-7-12(8-5-2)14(19)18-13(11-23(3,21)22)15(20)17-10-6-9-16/h12-13H,4-8,10-11H2,1-3H3,(H,17,20)(H,18,19). The van der Waals surface area contributed by atoms with E-state index in [1.54, 1.807) is 0 Å². The number of hydrogen-bond acceptors (Lipinski definition) is 5. The van der Waals surface area contributed by atoms with Crippen LogP contribution in [0, 0.1) is 17.2 Å². The Balaban J connectivity index is 4.95. The van der Waals surface area contributed by atoms with Gasteiger partial charge in [0, 0.05) is 18.7 Å². The smallest absolute Gasteiger partial charge is 0.243 e. The summed E-state index contributed by atoms with van der Waals surface area (Å²) in [6.07, 6.45) is 4.21. The molecule has 0 aliphatic rings. The zero-order valence-electron chi connectivity index (χ0n) is 14.1. The third kappa shape index (κ3) is 9.89. The van der Waals surface area contributed by atoms with Crippen LogP contribution in [0.2, 0.25) is 0 Å². The summed E-state index contributed by atoms with van der Waals surface area (Å²) in [7, 11) is -3.44. The predicted molar refractivity (Wildman–Crippen MR) is 88.2 cm³/mol. The van der Waals surface area contributed by atoms with E-state index in [9.17, 15) is 18.0 Å². The van der Waals surface area contributed by atoms with Gasteiger partial charge in [0.15, 0.2) is 0 Å². The quantitative estimate of drug-likeness (QED) is 0.536. The lowest BCUT2D eigenvalue weighted by molar-refractivity contribution is -0.131. The van der Waals surface area contributed by atoms with E-state index in [2.05, 4.69) is 10.6 Å². The summed E-state index contributed by atoms with van der Waals surface area (Å²) >= 11 is 0. The Bertz CT molecular complexity index is 519. The van der Waals surface area contributed by atoms with Crippen molar-refractivity contribution in [3.05, 3.63) is 0 Å². The molecule has 1 unspecified atom stereocenters. The first-order valence-electron chi connectivity index (χ1n) is 7.87. The lowest BCUT2D eigenvalue weighted by Gasteiger charge is -2.21. The molecule has 0 spiro atoms. The zero-order valence-corrected chi connectivity index (χ0v) is 14.9. The van der Waals surface area contributed by atoms with Crippen LogP contribution in [-0.4, -0.2) is 44.8 Å². The molecule has 2 amide bonds. The van der Waals surface area contributed by atoms with Crippen molar-refractivity contribution >= 4 is 21.7 Å². The van der Waals surface area contributed by atoms with Crippen molar-refractivity contribution in [3.63, 3.8) is 0 Å². The molecule has 8 heteroatoms. The second-order valence-corrected chi connectivity index (χ2v) is 7.81. The van der Waals surface area contributed by atoms with Gasteiger partial charge in [0.25, 0.3) is 0 Å². The van der Waals surface area contributed by atoms with Crippen LogP contribution in [0.5, 0.6) is 0 Å². The van der Waals surface area contributed by atoms with Gasteiger partial charge in [-0.15, -0.1) is 0 Å². The van der Waals surface area contributed by atoms with Crippen molar-refractivity contribution in [1.82, 2.24) is 10.6 Å². The number of rotatable bonds is 11. The van der Waals surface area contributed by atoms with E-state index < -0.39 is 27.5 Å². The maximum Gasteiger partial charge on any atom is 0.243 e. The Morgan fingerprint density at radius 2 is 1.70 bits per heavy atom. The fraction of sp³-hybridized carbons (Fsp3) is 0.800. The maximum absolute atomic E-state index is 12.3. The minimum absolute atomic E-state index is 0.124. The summed E-state index contributed by atoms with van der Waals surface area (Å²) in [6, 6.07) is 0.750. The first-order valence-corrected chi connectivity index (χ1v) is 9.93. The Kier molecular flexibility index (Phi) is 10.2. The van der Waals surface area contributed by atoms with Crippen LogP contribution in [0.3, 0.4) is 0 Å². The van der Waals surface area contributed by atoms with Crippen molar-refractivity contribution in [2.75, 3.05) is 18.6 Å². The number of nitrogens with zero attached hydrogens (tertiary/aromatic N) is 1. The fourth-order valence-electron chi connectivity index (χ4n) is 2.24. The van der Waals surface area contributed by atoms with Crippen LogP contribution < -0.4 is 10.6 Å². The summed E-state index contributed by atoms with van der Waals surface area (Å²) in [5, 5.41) is 13.5. The molecule has 0 aliphatic carbocycles. The predicted octanol–water partition coefficient (Wildman–Crippen LogP) is 0.762. The molecule has 0 aliphatic heterocycles. The molecule has 0 fully saturated rings. The van der Waals surface area contributed by atoms with Crippen LogP contribution >= 0.6 is 0 Å². The van der Waals surface area contributed by atoms with E-state index >= 15 is 0 Å². The minimum Gasteiger partial charge on any atom is -0.353 e. The topological polar surface area (TPSA) is 116 Å². The minimum atomic E-state index is -3.44. The SMILES string of the molecule is CCCC(CCC)C(=O)NC(CS(C)(=O)=O)C(=O)NCCC#N. The highest BCUT2D eigenvalue weighted by Gasteiger charge is 2.27. The Labute approximate surface area is 138 Å². The molecule has 0 rings (SSSR count). The zero-order chi connectivity index (χ0) is 17.9. The van der Waals surface area contributed by atoms with Gasteiger partial charge in [0.05, 0.1) is 18.2 Å². The van der Waals surface area contributed by atoms with Gasteiger partial charge in [-0.2, -0.15) is 5.26 Å². The van der Waals surface area contributed by atoms with E-state index in [0.717, 1.165) is 19.1 Å². The molecule has 0 aromatic carbocycles. The highest BCUT2D eigenvalue weighted by Crippen LogP contribution is 2.14. The van der Waals surface area contributed by atoms with E-state index in [1.807, 2.05) is 19.9 Å². The fourth-order valence-corrected chi connectivity index (χ4v) is 3.08. The second-order valence-electron chi connectivity index (χ2n) is 5.63. The number of carbonyl (C=O) groups excluding carboxylic acids is 2. The molecule has 0 heterocycles. The molecule has 0 saturated heterocycles. The lowest BCUT2D eigenvalue weighted by Crippen LogP contribution is -2.51. The van der Waals surface area contributed by atoms with Gasteiger partial charge in [-0.25, -0.2) is 8.42 Å². The van der Waals surface area contributed by atoms with Crippen molar-refractivity contribution in [3.8, 4) is 6.07 Å². The Hall–Kier alpha value is -1.62. The van der Waals surface area contributed by atoms with Crippen LogP contribution in [0.4, 0.5) is 0 Å². The molecule has 0 aromatic rings. The number of hydrogen-bond donors (Lipinski definition) is 2. The average Bonchev–Trinajstić information content (AvgIpc) is 2.45. The summed E-state index contributed by atoms with van der Waals surface area (Å²) in [6.45, 7) is 4.07. The number of sulfone groups is 1. The van der Waals surface area contributed by atoms with E-state index in [-0.39, 0.29) is 24.8 Å². The molecular weight excluding hydrogens is 318 g/mol. The third-order valence-electron chi connectivity index (χ3n) is 3.28. The molecule has 132 valence electrons. The van der Waals surface area contributed by atoms with Crippen LogP contribution in [0.15, 0.2) is 0 Å². The van der Waals surface area contributed by atoms with Crippen molar-refractivity contribution in [2.45, 2.75) is 52.0 Å². The van der Waals surface area contributed by atoms with Crippen LogP contribution in [0.25, 0.3) is 0 Å². The first-order chi connectivity index (χ1) is 10.7. The average molecular weight is 345 g/mol. The molecular formula is C15H27N3O4S. The normalized spacial score (nSPS) is 12.5. The molecule has 0 aromatic heterocycles. The maximum atomic E-state index is 12.3.